The van der Waals surface area contributed by atoms with E-state index in [9.17, 15) is 0 Å². The monoisotopic (exact) mass is 254 g/mol. The van der Waals surface area contributed by atoms with Crippen molar-refractivity contribution in [3.63, 3.8) is 0 Å². The Morgan fingerprint density at radius 1 is 1.05 bits per heavy atom. The number of nitrogens with zero attached hydrogens (tertiary/aromatic N) is 1. The minimum absolute atomic E-state index is 0.346. The number of aryl methyl sites for hydroxylation is 2. The van der Waals surface area contributed by atoms with Gasteiger partial charge in [0, 0.05) is 16.8 Å². The van der Waals surface area contributed by atoms with Crippen LogP contribution in [0.5, 0.6) is 0 Å². The van der Waals surface area contributed by atoms with E-state index in [1.54, 1.807) is 0 Å². The molecule has 2 rings (SSSR count). The molecule has 2 N–H and O–H groups in total. The molecule has 2 heteroatoms. The third-order valence-corrected chi connectivity index (χ3v) is 3.44. The molecule has 0 aliphatic heterocycles. The van der Waals surface area contributed by atoms with E-state index in [0.717, 1.165) is 28.9 Å². The Morgan fingerprint density at radius 2 is 1.68 bits per heavy atom. The lowest BCUT2D eigenvalue weighted by Gasteiger charge is -2.21. The van der Waals surface area contributed by atoms with E-state index in [1.165, 1.54) is 5.56 Å². The van der Waals surface area contributed by atoms with Gasteiger partial charge in [-0.3, -0.25) is 4.98 Å². The van der Waals surface area contributed by atoms with Crippen molar-refractivity contribution in [2.75, 3.05) is 0 Å². The standard InChI is InChI=1S/C17H22N2/c1-5-13-6-8-14(9-7-13)16-11-10-15(12(2)19-16)17(3,4)18/h6-11H,5,18H2,1-4H3. The maximum atomic E-state index is 6.14. The van der Waals surface area contributed by atoms with Crippen LogP contribution in [0.3, 0.4) is 0 Å². The first-order valence-electron chi connectivity index (χ1n) is 6.78. The molecule has 0 unspecified atom stereocenters. The van der Waals surface area contributed by atoms with Gasteiger partial charge in [-0.2, -0.15) is 0 Å². The number of nitrogens with two attached hydrogens (primary N) is 1. The van der Waals surface area contributed by atoms with Crippen LogP contribution >= 0.6 is 0 Å². The molecule has 1 aromatic heterocycles. The van der Waals surface area contributed by atoms with Gasteiger partial charge in [0.15, 0.2) is 0 Å². The van der Waals surface area contributed by atoms with Crippen molar-refractivity contribution in [1.29, 1.82) is 0 Å². The van der Waals surface area contributed by atoms with E-state index in [2.05, 4.69) is 48.3 Å². The normalized spacial score (nSPS) is 11.6. The summed E-state index contributed by atoms with van der Waals surface area (Å²) in [5.74, 6) is 0. The van der Waals surface area contributed by atoms with E-state index in [1.807, 2.05) is 20.8 Å². The van der Waals surface area contributed by atoms with Gasteiger partial charge in [0.25, 0.3) is 0 Å². The zero-order valence-electron chi connectivity index (χ0n) is 12.2. The Balaban J connectivity index is 2.38. The minimum atomic E-state index is -0.346. The maximum Gasteiger partial charge on any atom is 0.0705 e. The molecule has 2 nitrogen and oxygen atoms in total. The van der Waals surface area contributed by atoms with Crippen molar-refractivity contribution in [2.45, 2.75) is 39.7 Å². The summed E-state index contributed by atoms with van der Waals surface area (Å²) >= 11 is 0. The van der Waals surface area contributed by atoms with Crippen LogP contribution in [0.1, 0.15) is 37.6 Å². The molecule has 0 fully saturated rings. The topological polar surface area (TPSA) is 38.9 Å². The fraction of sp³-hybridized carbons (Fsp3) is 0.353. The van der Waals surface area contributed by atoms with E-state index >= 15 is 0 Å². The molecule has 0 radical (unpaired) electrons. The zero-order valence-corrected chi connectivity index (χ0v) is 12.2. The number of aromatic nitrogens is 1. The molecule has 19 heavy (non-hydrogen) atoms. The van der Waals surface area contributed by atoms with Crippen molar-refractivity contribution < 1.29 is 0 Å². The van der Waals surface area contributed by atoms with E-state index in [4.69, 9.17) is 5.73 Å². The molecule has 0 aliphatic rings. The van der Waals surface area contributed by atoms with Gasteiger partial charge in [-0.1, -0.05) is 37.3 Å². The van der Waals surface area contributed by atoms with Gasteiger partial charge in [0.05, 0.1) is 5.69 Å². The molecule has 2 aromatic rings. The first-order chi connectivity index (χ1) is 8.91. The fourth-order valence-electron chi connectivity index (χ4n) is 2.31. The summed E-state index contributed by atoms with van der Waals surface area (Å²) in [6, 6.07) is 12.7. The molecule has 0 bridgehead atoms. The second-order valence-corrected chi connectivity index (χ2v) is 5.60. The molecule has 1 heterocycles. The van der Waals surface area contributed by atoms with Crippen LogP contribution in [-0.4, -0.2) is 4.98 Å². The van der Waals surface area contributed by atoms with Crippen LogP contribution in [0, 0.1) is 6.92 Å². The van der Waals surface area contributed by atoms with Crippen molar-refractivity contribution >= 4 is 0 Å². The molecule has 0 amide bonds. The first kappa shape index (κ1) is 13.8. The average Bonchev–Trinajstić information content (AvgIpc) is 2.37. The van der Waals surface area contributed by atoms with E-state index in [0.29, 0.717) is 0 Å². The summed E-state index contributed by atoms with van der Waals surface area (Å²) in [4.78, 5) is 4.69. The van der Waals surface area contributed by atoms with E-state index < -0.39 is 0 Å². The number of benzene rings is 1. The van der Waals surface area contributed by atoms with Crippen LogP contribution in [0.25, 0.3) is 11.3 Å². The summed E-state index contributed by atoms with van der Waals surface area (Å²) in [6.45, 7) is 8.20. The summed E-state index contributed by atoms with van der Waals surface area (Å²) in [7, 11) is 0. The Morgan fingerprint density at radius 3 is 2.16 bits per heavy atom. The number of rotatable bonds is 3. The van der Waals surface area contributed by atoms with Crippen LogP contribution in [0.15, 0.2) is 36.4 Å². The van der Waals surface area contributed by atoms with Gasteiger partial charge in [0.1, 0.15) is 0 Å². The molecular formula is C17H22N2. The number of pyridine rings is 1. The third kappa shape index (κ3) is 3.02. The molecule has 1 aromatic carbocycles. The summed E-state index contributed by atoms with van der Waals surface area (Å²) in [5.41, 5.74) is 11.4. The van der Waals surface area contributed by atoms with Gasteiger partial charge >= 0.3 is 0 Å². The Bertz CT molecular complexity index is 563. The summed E-state index contributed by atoms with van der Waals surface area (Å²) in [6.07, 6.45) is 1.06. The SMILES string of the molecule is CCc1ccc(-c2ccc(C(C)(C)N)c(C)n2)cc1. The smallest absolute Gasteiger partial charge is 0.0705 e. The first-order valence-corrected chi connectivity index (χ1v) is 6.78. The minimum Gasteiger partial charge on any atom is -0.322 e. The predicted octanol–water partition coefficient (Wildman–Crippen LogP) is 3.81. The maximum absolute atomic E-state index is 6.14. The van der Waals surface area contributed by atoms with Crippen LogP contribution in [-0.2, 0) is 12.0 Å². The van der Waals surface area contributed by atoms with Gasteiger partial charge in [0.2, 0.25) is 0 Å². The predicted molar refractivity (Wildman–Crippen MR) is 81.0 cm³/mol. The number of hydrogen-bond acceptors (Lipinski definition) is 2. The van der Waals surface area contributed by atoms with Gasteiger partial charge < -0.3 is 5.73 Å². The van der Waals surface area contributed by atoms with Gasteiger partial charge in [-0.05, 0) is 44.4 Å². The zero-order chi connectivity index (χ0) is 14.0. The van der Waals surface area contributed by atoms with Crippen LogP contribution in [0.4, 0.5) is 0 Å². The van der Waals surface area contributed by atoms with Crippen LogP contribution in [0.2, 0.25) is 0 Å². The van der Waals surface area contributed by atoms with Gasteiger partial charge in [-0.15, -0.1) is 0 Å². The Hall–Kier alpha value is -1.67. The molecule has 0 saturated heterocycles. The van der Waals surface area contributed by atoms with Crippen molar-refractivity contribution in [2.24, 2.45) is 5.73 Å². The van der Waals surface area contributed by atoms with Crippen LogP contribution < -0.4 is 5.73 Å². The highest BCUT2D eigenvalue weighted by Crippen LogP contribution is 2.24. The van der Waals surface area contributed by atoms with Gasteiger partial charge in [-0.25, -0.2) is 0 Å². The quantitative estimate of drug-likeness (QED) is 0.904. The third-order valence-electron chi connectivity index (χ3n) is 3.44. The average molecular weight is 254 g/mol. The lowest BCUT2D eigenvalue weighted by atomic mass is 9.93. The lowest BCUT2D eigenvalue weighted by Crippen LogP contribution is -2.29. The molecule has 0 atom stereocenters. The molecule has 0 aliphatic carbocycles. The highest BCUT2D eigenvalue weighted by atomic mass is 14.8. The summed E-state index contributed by atoms with van der Waals surface area (Å²) in [5, 5.41) is 0. The second kappa shape index (κ2) is 5.14. The Kier molecular flexibility index (Phi) is 3.72. The molecule has 0 spiro atoms. The molecular weight excluding hydrogens is 232 g/mol. The highest BCUT2D eigenvalue weighted by molar-refractivity contribution is 5.60. The van der Waals surface area contributed by atoms with Crippen molar-refractivity contribution in [3.05, 3.63) is 53.2 Å². The summed E-state index contributed by atoms with van der Waals surface area (Å²) < 4.78 is 0. The number of hydrogen-bond donors (Lipinski definition) is 1. The largest absolute Gasteiger partial charge is 0.322 e. The lowest BCUT2D eigenvalue weighted by molar-refractivity contribution is 0.548. The fourth-order valence-corrected chi connectivity index (χ4v) is 2.31. The van der Waals surface area contributed by atoms with E-state index in [-0.39, 0.29) is 5.54 Å². The van der Waals surface area contributed by atoms with Crippen molar-refractivity contribution in [3.8, 4) is 11.3 Å². The Labute approximate surface area is 115 Å². The highest BCUT2D eigenvalue weighted by Gasteiger charge is 2.17. The van der Waals surface area contributed by atoms with Crippen molar-refractivity contribution in [1.82, 2.24) is 4.98 Å². The molecule has 0 saturated carbocycles. The molecule has 100 valence electrons. The second-order valence-electron chi connectivity index (χ2n) is 5.60.